The van der Waals surface area contributed by atoms with Crippen LogP contribution in [-0.2, 0) is 0 Å². The van der Waals surface area contributed by atoms with Gasteiger partial charge in [-0.3, -0.25) is 9.78 Å². The number of anilines is 1. The number of imidazole rings is 1. The van der Waals surface area contributed by atoms with Crippen LogP contribution in [-0.4, -0.2) is 65.9 Å². The molecular formula is C19H23N7O3. The molecule has 3 aromatic heterocycles. The number of nitrogens with one attached hydrogen (secondary N) is 2. The van der Waals surface area contributed by atoms with Crippen LogP contribution >= 0.6 is 0 Å². The average molecular weight is 397 g/mol. The fourth-order valence-corrected chi connectivity index (χ4v) is 3.83. The Labute approximate surface area is 167 Å². The summed E-state index contributed by atoms with van der Waals surface area (Å²) >= 11 is 0. The van der Waals surface area contributed by atoms with Crippen molar-refractivity contribution >= 4 is 22.9 Å². The highest BCUT2D eigenvalue weighted by Gasteiger charge is 2.39. The van der Waals surface area contributed by atoms with E-state index in [1.165, 1.54) is 12.5 Å². The van der Waals surface area contributed by atoms with Gasteiger partial charge in [0.1, 0.15) is 24.1 Å². The quantitative estimate of drug-likeness (QED) is 0.497. The molecule has 0 spiro atoms. The molecule has 152 valence electrons. The summed E-state index contributed by atoms with van der Waals surface area (Å²) in [6.45, 7) is 1.85. The summed E-state index contributed by atoms with van der Waals surface area (Å²) in [5.74, 6) is 0.270. The Morgan fingerprint density at radius 2 is 2.00 bits per heavy atom. The minimum atomic E-state index is -1.13. The number of rotatable bonds is 4. The second kappa shape index (κ2) is 7.72. The molecule has 0 radical (unpaired) electrons. The van der Waals surface area contributed by atoms with Gasteiger partial charge in [0.15, 0.2) is 11.5 Å². The van der Waals surface area contributed by atoms with E-state index in [1.807, 2.05) is 6.92 Å². The van der Waals surface area contributed by atoms with Gasteiger partial charge in [-0.05, 0) is 31.4 Å². The number of pyridine rings is 1. The van der Waals surface area contributed by atoms with E-state index < -0.39 is 24.3 Å². The number of aromatic nitrogens is 5. The van der Waals surface area contributed by atoms with Crippen molar-refractivity contribution in [3.05, 3.63) is 42.2 Å². The number of hydrogen-bond donors (Lipinski definition) is 4. The fourth-order valence-electron chi connectivity index (χ4n) is 3.83. The van der Waals surface area contributed by atoms with E-state index in [-0.39, 0.29) is 5.91 Å². The summed E-state index contributed by atoms with van der Waals surface area (Å²) in [6.07, 6.45) is 4.99. The summed E-state index contributed by atoms with van der Waals surface area (Å²) in [5.41, 5.74) is 2.47. The van der Waals surface area contributed by atoms with Crippen molar-refractivity contribution in [1.82, 2.24) is 29.8 Å². The van der Waals surface area contributed by atoms with Crippen LogP contribution in [0.25, 0.3) is 11.2 Å². The number of aryl methyl sites for hydroxylation is 1. The molecule has 3 aromatic rings. The Kier molecular flexibility index (Phi) is 5.12. The summed E-state index contributed by atoms with van der Waals surface area (Å²) in [7, 11) is 1.75. The second-order valence-electron chi connectivity index (χ2n) is 7.25. The third kappa shape index (κ3) is 3.52. The minimum Gasteiger partial charge on any atom is -0.388 e. The van der Waals surface area contributed by atoms with Crippen LogP contribution in [0.4, 0.5) is 5.82 Å². The van der Waals surface area contributed by atoms with E-state index >= 15 is 0 Å². The molecule has 1 fully saturated rings. The molecule has 10 heteroatoms. The van der Waals surface area contributed by atoms with Gasteiger partial charge in [-0.1, -0.05) is 0 Å². The average Bonchev–Trinajstić information content (AvgIpc) is 3.15. The monoisotopic (exact) mass is 397 g/mol. The number of hydrogen-bond acceptors (Lipinski definition) is 8. The van der Waals surface area contributed by atoms with Crippen LogP contribution in [0, 0.1) is 6.92 Å². The molecule has 1 amide bonds. The van der Waals surface area contributed by atoms with E-state index in [1.54, 1.807) is 30.2 Å². The molecule has 29 heavy (non-hydrogen) atoms. The van der Waals surface area contributed by atoms with E-state index in [0.29, 0.717) is 35.4 Å². The van der Waals surface area contributed by atoms with Crippen molar-refractivity contribution in [1.29, 1.82) is 0 Å². The highest BCUT2D eigenvalue weighted by Crippen LogP contribution is 2.32. The lowest BCUT2D eigenvalue weighted by Crippen LogP contribution is -2.54. The molecular weight excluding hydrogens is 374 g/mol. The second-order valence-corrected chi connectivity index (χ2v) is 7.25. The van der Waals surface area contributed by atoms with Gasteiger partial charge in [-0.15, -0.1) is 0 Å². The molecule has 1 aliphatic rings. The Hall–Kier alpha value is -3.11. The molecule has 3 heterocycles. The molecule has 4 atom stereocenters. The molecule has 4 rings (SSSR count). The van der Waals surface area contributed by atoms with Gasteiger partial charge in [0.25, 0.3) is 5.91 Å². The lowest BCUT2D eigenvalue weighted by Gasteiger charge is -2.38. The van der Waals surface area contributed by atoms with Crippen LogP contribution in [0.1, 0.15) is 34.8 Å². The molecule has 1 saturated carbocycles. The first-order valence-electron chi connectivity index (χ1n) is 9.43. The first-order chi connectivity index (χ1) is 14.0. The first kappa shape index (κ1) is 19.2. The summed E-state index contributed by atoms with van der Waals surface area (Å²) in [6, 6.07) is 0.753. The van der Waals surface area contributed by atoms with Gasteiger partial charge in [-0.25, -0.2) is 15.0 Å². The van der Waals surface area contributed by atoms with Crippen molar-refractivity contribution in [2.45, 2.75) is 44.1 Å². The van der Waals surface area contributed by atoms with Crippen molar-refractivity contribution in [3.8, 4) is 0 Å². The highest BCUT2D eigenvalue weighted by atomic mass is 16.3. The lowest BCUT2D eigenvalue weighted by molar-refractivity contribution is -0.0552. The van der Waals surface area contributed by atoms with E-state index in [9.17, 15) is 15.0 Å². The van der Waals surface area contributed by atoms with Crippen LogP contribution in [0.5, 0.6) is 0 Å². The predicted molar refractivity (Wildman–Crippen MR) is 105 cm³/mol. The normalized spacial score (nSPS) is 24.4. The molecule has 0 bridgehead atoms. The van der Waals surface area contributed by atoms with Crippen LogP contribution in [0.3, 0.4) is 0 Å². The van der Waals surface area contributed by atoms with Crippen molar-refractivity contribution in [3.63, 3.8) is 0 Å². The number of carbonyl (C=O) groups is 1. The Bertz CT molecular complexity index is 1040. The molecule has 10 nitrogen and oxygen atoms in total. The Morgan fingerprint density at radius 3 is 2.76 bits per heavy atom. The van der Waals surface area contributed by atoms with E-state index in [4.69, 9.17) is 0 Å². The number of carbonyl (C=O) groups excluding carboxylic acids is 1. The minimum absolute atomic E-state index is 0.324. The van der Waals surface area contributed by atoms with Gasteiger partial charge >= 0.3 is 0 Å². The molecule has 0 saturated heterocycles. The standard InChI is InChI=1S/C19H23N7O3/c1-10-5-11(7-21-6-10)19(29)25-12-3-4-13(16(28)15(12)27)26-9-24-14-17(20-2)22-8-23-18(14)26/h5-9,12-13,15-16,27-28H,3-4H2,1-2H3,(H,25,29)(H,20,22,23)/t12-,13-,15+,16+/m1/s1. The Morgan fingerprint density at radius 1 is 1.17 bits per heavy atom. The molecule has 0 aliphatic heterocycles. The van der Waals surface area contributed by atoms with Gasteiger partial charge in [-0.2, -0.15) is 0 Å². The maximum absolute atomic E-state index is 12.5. The van der Waals surface area contributed by atoms with Gasteiger partial charge < -0.3 is 25.4 Å². The van der Waals surface area contributed by atoms with Crippen molar-refractivity contribution in [2.24, 2.45) is 0 Å². The molecule has 0 aromatic carbocycles. The summed E-state index contributed by atoms with van der Waals surface area (Å²) in [4.78, 5) is 29.3. The maximum atomic E-state index is 12.5. The third-order valence-electron chi connectivity index (χ3n) is 5.34. The number of amides is 1. The number of aliphatic hydroxyl groups is 2. The van der Waals surface area contributed by atoms with E-state index in [0.717, 1.165) is 5.56 Å². The number of fused-ring (bicyclic) bond motifs is 1. The number of aliphatic hydroxyl groups excluding tert-OH is 2. The van der Waals surface area contributed by atoms with Crippen molar-refractivity contribution in [2.75, 3.05) is 12.4 Å². The van der Waals surface area contributed by atoms with Gasteiger partial charge in [0, 0.05) is 19.4 Å². The zero-order valence-corrected chi connectivity index (χ0v) is 16.1. The topological polar surface area (TPSA) is 138 Å². The smallest absolute Gasteiger partial charge is 0.253 e. The lowest BCUT2D eigenvalue weighted by atomic mass is 9.85. The first-order valence-corrected chi connectivity index (χ1v) is 9.43. The van der Waals surface area contributed by atoms with Gasteiger partial charge in [0.2, 0.25) is 0 Å². The summed E-state index contributed by atoms with van der Waals surface area (Å²) < 4.78 is 1.76. The summed E-state index contributed by atoms with van der Waals surface area (Å²) in [5, 5.41) is 27.2. The van der Waals surface area contributed by atoms with E-state index in [2.05, 4.69) is 30.6 Å². The third-order valence-corrected chi connectivity index (χ3v) is 5.34. The predicted octanol–water partition coefficient (Wildman–Crippen LogP) is 0.427. The fraction of sp³-hybridized carbons (Fsp3) is 0.421. The van der Waals surface area contributed by atoms with Crippen molar-refractivity contribution < 1.29 is 15.0 Å². The zero-order valence-electron chi connectivity index (χ0n) is 16.1. The molecule has 4 N–H and O–H groups in total. The molecule has 0 unspecified atom stereocenters. The SMILES string of the molecule is CNc1ncnc2c1ncn2[C@@H]1CC[C@@H](NC(=O)c2cncc(C)c2)[C@H](O)[C@H]1O. The van der Waals surface area contributed by atoms with Crippen LogP contribution in [0.2, 0.25) is 0 Å². The van der Waals surface area contributed by atoms with Crippen LogP contribution in [0.15, 0.2) is 31.1 Å². The Balaban J connectivity index is 1.52. The zero-order chi connectivity index (χ0) is 20.5. The van der Waals surface area contributed by atoms with Crippen LogP contribution < -0.4 is 10.6 Å². The maximum Gasteiger partial charge on any atom is 0.253 e. The number of nitrogens with zero attached hydrogens (tertiary/aromatic N) is 5. The highest BCUT2D eigenvalue weighted by molar-refractivity contribution is 5.94. The largest absolute Gasteiger partial charge is 0.388 e. The van der Waals surface area contributed by atoms with Gasteiger partial charge in [0.05, 0.1) is 24.0 Å². The molecule has 1 aliphatic carbocycles.